The monoisotopic (exact) mass is 251 g/mol. The van der Waals surface area contributed by atoms with Gasteiger partial charge in [0.25, 0.3) is 0 Å². The van der Waals surface area contributed by atoms with Gasteiger partial charge in [0.15, 0.2) is 5.82 Å². The predicted molar refractivity (Wildman–Crippen MR) is 67.2 cm³/mol. The zero-order valence-electron chi connectivity index (χ0n) is 10.0. The summed E-state index contributed by atoms with van der Waals surface area (Å²) in [5.74, 6) is 0.852. The summed E-state index contributed by atoms with van der Waals surface area (Å²) in [7, 11) is 0. The maximum Gasteiger partial charge on any atom is 0.234 e. The average molecular weight is 251 g/mol. The van der Waals surface area contributed by atoms with Crippen molar-refractivity contribution in [2.24, 2.45) is 5.73 Å². The Balaban J connectivity index is 2.05. The molecule has 0 aliphatic heterocycles. The fourth-order valence-corrected chi connectivity index (χ4v) is 3.80. The van der Waals surface area contributed by atoms with Crippen LogP contribution in [0.15, 0.2) is 0 Å². The molecule has 17 heavy (non-hydrogen) atoms. The summed E-state index contributed by atoms with van der Waals surface area (Å²) in [6.07, 6.45) is 6.16. The lowest BCUT2D eigenvalue weighted by Crippen LogP contribution is -2.37. The molecule has 5 nitrogen and oxygen atoms in total. The molecule has 92 valence electrons. The van der Waals surface area contributed by atoms with Crippen LogP contribution in [-0.4, -0.2) is 26.4 Å². The van der Waals surface area contributed by atoms with Crippen LogP contribution in [0, 0.1) is 6.92 Å². The molecule has 1 aliphatic rings. The molecule has 6 heteroatoms. The minimum atomic E-state index is 0.0933. The van der Waals surface area contributed by atoms with E-state index < -0.39 is 0 Å². The van der Waals surface area contributed by atoms with Crippen LogP contribution in [0.1, 0.15) is 42.9 Å². The van der Waals surface area contributed by atoms with Crippen LogP contribution in [0.4, 0.5) is 0 Å². The predicted octanol–water partition coefficient (Wildman–Crippen LogP) is 1.65. The summed E-state index contributed by atoms with van der Waals surface area (Å²) in [4.78, 5) is 0.885. The highest BCUT2D eigenvalue weighted by atomic mass is 32.1. The molecule has 0 radical (unpaired) electrons. The first-order valence-corrected chi connectivity index (χ1v) is 6.96. The molecule has 1 aliphatic carbocycles. The van der Waals surface area contributed by atoms with Crippen LogP contribution in [0.25, 0.3) is 4.96 Å². The van der Waals surface area contributed by atoms with Gasteiger partial charge in [-0.1, -0.05) is 30.6 Å². The van der Waals surface area contributed by atoms with Crippen molar-refractivity contribution in [3.63, 3.8) is 0 Å². The molecule has 3 rings (SSSR count). The lowest BCUT2D eigenvalue weighted by Gasteiger charge is -2.33. The lowest BCUT2D eigenvalue weighted by molar-refractivity contribution is 0.297. The van der Waals surface area contributed by atoms with E-state index >= 15 is 0 Å². The highest BCUT2D eigenvalue weighted by Gasteiger charge is 2.36. The van der Waals surface area contributed by atoms with Gasteiger partial charge in [-0.3, -0.25) is 0 Å². The number of aromatic nitrogens is 4. The topological polar surface area (TPSA) is 69.1 Å². The van der Waals surface area contributed by atoms with E-state index in [-0.39, 0.29) is 5.41 Å². The molecule has 1 fully saturated rings. The highest BCUT2D eigenvalue weighted by Crippen LogP contribution is 2.40. The Kier molecular flexibility index (Phi) is 2.63. The minimum absolute atomic E-state index is 0.0933. The average Bonchev–Trinajstić information content (AvgIpc) is 2.93. The van der Waals surface area contributed by atoms with E-state index in [9.17, 15) is 0 Å². The Hall–Kier alpha value is -1.01. The molecular formula is C11H17N5S. The molecule has 0 saturated heterocycles. The fourth-order valence-electron chi connectivity index (χ4n) is 2.66. The van der Waals surface area contributed by atoms with Crippen molar-refractivity contribution in [2.75, 3.05) is 6.54 Å². The Bertz CT molecular complexity index is 523. The quantitative estimate of drug-likeness (QED) is 0.881. The maximum absolute atomic E-state index is 6.02. The first kappa shape index (κ1) is 11.1. The van der Waals surface area contributed by atoms with Gasteiger partial charge in [0.1, 0.15) is 5.01 Å². The SMILES string of the molecule is Cc1nnc2sc(C3(CN)CCCCC3)nn12. The highest BCUT2D eigenvalue weighted by molar-refractivity contribution is 7.16. The van der Waals surface area contributed by atoms with E-state index in [4.69, 9.17) is 5.73 Å². The summed E-state index contributed by atoms with van der Waals surface area (Å²) in [6, 6.07) is 0. The van der Waals surface area contributed by atoms with E-state index in [1.165, 1.54) is 19.3 Å². The van der Waals surface area contributed by atoms with Crippen LogP contribution < -0.4 is 5.73 Å². The molecule has 0 spiro atoms. The number of aryl methyl sites for hydroxylation is 1. The minimum Gasteiger partial charge on any atom is -0.329 e. The van der Waals surface area contributed by atoms with E-state index in [1.54, 1.807) is 11.3 Å². The van der Waals surface area contributed by atoms with Gasteiger partial charge in [-0.15, -0.1) is 10.2 Å². The van der Waals surface area contributed by atoms with Crippen molar-refractivity contribution in [3.05, 3.63) is 10.8 Å². The second-order valence-corrected chi connectivity index (χ2v) is 5.85. The standard InChI is InChI=1S/C11H17N5S/c1-8-13-14-10-16(8)15-9(17-10)11(7-12)5-3-2-4-6-11/h2-7,12H2,1H3. The van der Waals surface area contributed by atoms with E-state index in [1.807, 2.05) is 11.4 Å². The molecule has 2 aromatic heterocycles. The summed E-state index contributed by atoms with van der Waals surface area (Å²) in [5.41, 5.74) is 6.11. The van der Waals surface area contributed by atoms with Crippen molar-refractivity contribution < 1.29 is 0 Å². The van der Waals surface area contributed by atoms with Gasteiger partial charge in [0.05, 0.1) is 0 Å². The molecule has 2 N–H and O–H groups in total. The third kappa shape index (κ3) is 1.66. The number of fused-ring (bicyclic) bond motifs is 1. The van der Waals surface area contributed by atoms with Crippen LogP contribution in [0.2, 0.25) is 0 Å². The molecule has 2 aromatic rings. The van der Waals surface area contributed by atoms with Gasteiger partial charge >= 0.3 is 0 Å². The molecule has 0 bridgehead atoms. The van der Waals surface area contributed by atoms with Crippen LogP contribution >= 0.6 is 11.3 Å². The van der Waals surface area contributed by atoms with Gasteiger partial charge in [0, 0.05) is 12.0 Å². The number of hydrogen-bond acceptors (Lipinski definition) is 5. The number of hydrogen-bond donors (Lipinski definition) is 1. The molecular weight excluding hydrogens is 234 g/mol. The van der Waals surface area contributed by atoms with E-state index in [2.05, 4.69) is 15.3 Å². The summed E-state index contributed by atoms with van der Waals surface area (Å²) < 4.78 is 1.84. The van der Waals surface area contributed by atoms with Gasteiger partial charge < -0.3 is 5.73 Å². The molecule has 0 amide bonds. The Morgan fingerprint density at radius 3 is 2.71 bits per heavy atom. The van der Waals surface area contributed by atoms with Crippen molar-refractivity contribution in [3.8, 4) is 0 Å². The third-order valence-electron chi connectivity index (χ3n) is 3.80. The normalized spacial score (nSPS) is 19.9. The van der Waals surface area contributed by atoms with Gasteiger partial charge in [-0.2, -0.15) is 9.61 Å². The van der Waals surface area contributed by atoms with E-state index in [0.717, 1.165) is 28.6 Å². The summed E-state index contributed by atoms with van der Waals surface area (Å²) in [6.45, 7) is 2.62. The lowest BCUT2D eigenvalue weighted by atomic mass is 9.74. The van der Waals surface area contributed by atoms with Gasteiger partial charge in [-0.25, -0.2) is 0 Å². The van der Waals surface area contributed by atoms with Crippen LogP contribution in [0.3, 0.4) is 0 Å². The Morgan fingerprint density at radius 2 is 2.06 bits per heavy atom. The van der Waals surface area contributed by atoms with Gasteiger partial charge in [0.2, 0.25) is 4.96 Å². The van der Waals surface area contributed by atoms with Gasteiger partial charge in [-0.05, 0) is 19.8 Å². The Labute approximate surface area is 104 Å². The van der Waals surface area contributed by atoms with Crippen LogP contribution in [0.5, 0.6) is 0 Å². The van der Waals surface area contributed by atoms with Crippen molar-refractivity contribution >= 4 is 16.3 Å². The van der Waals surface area contributed by atoms with Crippen molar-refractivity contribution in [1.29, 1.82) is 0 Å². The second-order valence-electron chi connectivity index (χ2n) is 4.89. The molecule has 1 saturated carbocycles. The number of nitrogens with zero attached hydrogens (tertiary/aromatic N) is 4. The maximum atomic E-state index is 6.02. The molecule has 0 aromatic carbocycles. The number of rotatable bonds is 2. The fraction of sp³-hybridized carbons (Fsp3) is 0.727. The second kappa shape index (κ2) is 4.03. The van der Waals surface area contributed by atoms with Crippen molar-refractivity contribution in [2.45, 2.75) is 44.4 Å². The molecule has 2 heterocycles. The largest absolute Gasteiger partial charge is 0.329 e. The third-order valence-corrected chi connectivity index (χ3v) is 4.95. The zero-order chi connectivity index (χ0) is 11.9. The van der Waals surface area contributed by atoms with Crippen LogP contribution in [-0.2, 0) is 5.41 Å². The molecule has 0 unspecified atom stereocenters. The Morgan fingerprint density at radius 1 is 1.29 bits per heavy atom. The first-order chi connectivity index (χ1) is 8.25. The smallest absolute Gasteiger partial charge is 0.234 e. The number of nitrogens with two attached hydrogens (primary N) is 1. The summed E-state index contributed by atoms with van der Waals surface area (Å²) >= 11 is 1.65. The van der Waals surface area contributed by atoms with Crippen molar-refractivity contribution in [1.82, 2.24) is 19.8 Å². The first-order valence-electron chi connectivity index (χ1n) is 6.15. The summed E-state index contributed by atoms with van der Waals surface area (Å²) in [5, 5.41) is 14.0. The molecule has 0 atom stereocenters. The zero-order valence-corrected chi connectivity index (χ0v) is 10.8. The van der Waals surface area contributed by atoms with E-state index in [0.29, 0.717) is 6.54 Å².